The number of nitrogens with two attached hydrogens (primary N) is 1. The summed E-state index contributed by atoms with van der Waals surface area (Å²) < 4.78 is 28.1. The third-order valence-corrected chi connectivity index (χ3v) is 5.07. The molecule has 1 unspecified atom stereocenters. The summed E-state index contributed by atoms with van der Waals surface area (Å²) in [6, 6.07) is 8.36. The van der Waals surface area contributed by atoms with Gasteiger partial charge in [0.1, 0.15) is 5.82 Å². The van der Waals surface area contributed by atoms with Gasteiger partial charge in [0.2, 0.25) is 16.0 Å². The molecule has 0 aliphatic carbocycles. The first-order valence-electron chi connectivity index (χ1n) is 8.55. The summed E-state index contributed by atoms with van der Waals surface area (Å²) in [5, 5.41) is 11.5. The number of nitrogens with one attached hydrogen (secondary N) is 2. The average Bonchev–Trinajstić information content (AvgIpc) is 3.14. The lowest BCUT2D eigenvalue weighted by atomic mass is 10.1. The monoisotopic (exact) mass is 377 g/mol. The second-order valence-electron chi connectivity index (χ2n) is 6.15. The molecule has 1 aliphatic heterocycles. The molecule has 0 radical (unpaired) electrons. The highest BCUT2D eigenvalue weighted by atomic mass is 32.2. The number of hydrogen-bond donors (Lipinski definition) is 3. The normalized spacial score (nSPS) is 17.2. The van der Waals surface area contributed by atoms with Gasteiger partial charge in [-0.25, -0.2) is 18.5 Å². The van der Waals surface area contributed by atoms with Crippen molar-refractivity contribution in [3.8, 4) is 0 Å². The van der Waals surface area contributed by atoms with Crippen LogP contribution < -0.4 is 15.8 Å². The van der Waals surface area contributed by atoms with Crippen LogP contribution in [0.3, 0.4) is 0 Å². The van der Waals surface area contributed by atoms with Crippen molar-refractivity contribution in [3.05, 3.63) is 42.1 Å². The van der Waals surface area contributed by atoms with Gasteiger partial charge in [-0.1, -0.05) is 12.1 Å². The van der Waals surface area contributed by atoms with E-state index in [9.17, 15) is 8.42 Å². The SMILES string of the molecule is NS(=O)(=O)c1ccc(CCNc2ccnc(NCC3CCCO3)n2)cc1. The van der Waals surface area contributed by atoms with Gasteiger partial charge in [-0.3, -0.25) is 0 Å². The zero-order valence-corrected chi connectivity index (χ0v) is 15.2. The van der Waals surface area contributed by atoms with Gasteiger partial charge in [-0.15, -0.1) is 0 Å². The molecule has 140 valence electrons. The second-order valence-corrected chi connectivity index (χ2v) is 7.71. The molecule has 0 saturated carbocycles. The second kappa shape index (κ2) is 8.43. The van der Waals surface area contributed by atoms with E-state index in [0.29, 0.717) is 19.0 Å². The standard InChI is InChI=1S/C17H23N5O3S/c18-26(23,24)15-5-3-13(4-6-15)7-9-19-16-8-10-20-17(22-16)21-12-14-2-1-11-25-14/h3-6,8,10,14H,1-2,7,9,11-12H2,(H2,18,23,24)(H2,19,20,21,22). The first kappa shape index (κ1) is 18.6. The Kier molecular flexibility index (Phi) is 6.02. The molecule has 1 aromatic heterocycles. The first-order valence-corrected chi connectivity index (χ1v) is 10.1. The highest BCUT2D eigenvalue weighted by molar-refractivity contribution is 7.89. The van der Waals surface area contributed by atoms with Crippen molar-refractivity contribution in [2.24, 2.45) is 5.14 Å². The lowest BCUT2D eigenvalue weighted by Gasteiger charge is -2.11. The zero-order valence-electron chi connectivity index (χ0n) is 14.4. The number of primary sulfonamides is 1. The van der Waals surface area contributed by atoms with Crippen molar-refractivity contribution in [3.63, 3.8) is 0 Å². The predicted octanol–water partition coefficient (Wildman–Crippen LogP) is 1.37. The first-order chi connectivity index (χ1) is 12.5. The molecule has 9 heteroatoms. The Morgan fingerprint density at radius 1 is 1.19 bits per heavy atom. The van der Waals surface area contributed by atoms with E-state index in [2.05, 4.69) is 20.6 Å². The van der Waals surface area contributed by atoms with Gasteiger partial charge in [0, 0.05) is 25.9 Å². The molecular weight excluding hydrogens is 354 g/mol. The van der Waals surface area contributed by atoms with Crippen molar-refractivity contribution in [2.75, 3.05) is 30.3 Å². The van der Waals surface area contributed by atoms with Crippen LogP contribution in [0.15, 0.2) is 41.4 Å². The van der Waals surface area contributed by atoms with E-state index in [1.165, 1.54) is 12.1 Å². The summed E-state index contributed by atoms with van der Waals surface area (Å²) in [6.07, 6.45) is 4.83. The molecule has 0 amide bonds. The van der Waals surface area contributed by atoms with E-state index >= 15 is 0 Å². The Hall–Kier alpha value is -2.23. The summed E-state index contributed by atoms with van der Waals surface area (Å²) in [7, 11) is -3.65. The van der Waals surface area contributed by atoms with Gasteiger partial charge < -0.3 is 15.4 Å². The largest absolute Gasteiger partial charge is 0.376 e. The topological polar surface area (TPSA) is 119 Å². The van der Waals surface area contributed by atoms with Crippen molar-refractivity contribution in [2.45, 2.75) is 30.3 Å². The fraction of sp³-hybridized carbons (Fsp3) is 0.412. The number of aromatic nitrogens is 2. The minimum absolute atomic E-state index is 0.118. The number of benzene rings is 1. The minimum Gasteiger partial charge on any atom is -0.376 e. The molecule has 2 heterocycles. The molecule has 0 spiro atoms. The average molecular weight is 377 g/mol. The van der Waals surface area contributed by atoms with Gasteiger partial charge >= 0.3 is 0 Å². The van der Waals surface area contributed by atoms with Gasteiger partial charge in [0.05, 0.1) is 11.0 Å². The fourth-order valence-corrected chi connectivity index (χ4v) is 3.25. The van der Waals surface area contributed by atoms with Crippen LogP contribution in [0, 0.1) is 0 Å². The maximum Gasteiger partial charge on any atom is 0.238 e. The third-order valence-electron chi connectivity index (χ3n) is 4.14. The lowest BCUT2D eigenvalue weighted by molar-refractivity contribution is 0.120. The van der Waals surface area contributed by atoms with Crippen molar-refractivity contribution >= 4 is 21.8 Å². The summed E-state index contributed by atoms with van der Waals surface area (Å²) in [5.74, 6) is 1.30. The summed E-state index contributed by atoms with van der Waals surface area (Å²) in [5.41, 5.74) is 1.01. The summed E-state index contributed by atoms with van der Waals surface area (Å²) >= 11 is 0. The molecular formula is C17H23N5O3S. The number of anilines is 2. The van der Waals surface area contributed by atoms with Crippen LogP contribution in [0.1, 0.15) is 18.4 Å². The van der Waals surface area contributed by atoms with Crippen LogP contribution in [0.4, 0.5) is 11.8 Å². The Labute approximate surface area is 153 Å². The van der Waals surface area contributed by atoms with E-state index in [1.807, 2.05) is 0 Å². The van der Waals surface area contributed by atoms with Crippen LogP contribution in [0.2, 0.25) is 0 Å². The zero-order chi connectivity index (χ0) is 18.4. The molecule has 26 heavy (non-hydrogen) atoms. The van der Waals surface area contributed by atoms with Crippen molar-refractivity contribution in [1.29, 1.82) is 0 Å². The maximum atomic E-state index is 11.2. The smallest absolute Gasteiger partial charge is 0.238 e. The molecule has 0 bridgehead atoms. The van der Waals surface area contributed by atoms with Crippen LogP contribution >= 0.6 is 0 Å². The molecule has 4 N–H and O–H groups in total. The van der Waals surface area contributed by atoms with Crippen LogP contribution in [-0.4, -0.2) is 44.2 Å². The van der Waals surface area contributed by atoms with E-state index < -0.39 is 10.0 Å². The van der Waals surface area contributed by atoms with Crippen LogP contribution in [0.5, 0.6) is 0 Å². The van der Waals surface area contributed by atoms with Gasteiger partial charge in [0.25, 0.3) is 0 Å². The highest BCUT2D eigenvalue weighted by Gasteiger charge is 2.15. The Balaban J connectivity index is 1.47. The van der Waals surface area contributed by atoms with E-state index in [1.54, 1.807) is 24.4 Å². The van der Waals surface area contributed by atoms with Crippen molar-refractivity contribution in [1.82, 2.24) is 9.97 Å². The molecule has 2 aromatic rings. The van der Waals surface area contributed by atoms with Crippen LogP contribution in [-0.2, 0) is 21.2 Å². The minimum atomic E-state index is -3.65. The molecule has 1 saturated heterocycles. The lowest BCUT2D eigenvalue weighted by Crippen LogP contribution is -2.19. The Morgan fingerprint density at radius 3 is 2.69 bits per heavy atom. The quantitative estimate of drug-likeness (QED) is 0.635. The van der Waals surface area contributed by atoms with Gasteiger partial charge in [-0.05, 0) is 43.0 Å². The summed E-state index contributed by atoms with van der Waals surface area (Å²) in [6.45, 7) is 2.20. The Morgan fingerprint density at radius 2 is 2.00 bits per heavy atom. The Bertz CT molecular complexity index is 821. The van der Waals surface area contributed by atoms with E-state index in [-0.39, 0.29) is 11.0 Å². The summed E-state index contributed by atoms with van der Waals surface area (Å²) in [4.78, 5) is 8.76. The molecule has 3 rings (SSSR count). The molecule has 8 nitrogen and oxygen atoms in total. The third kappa shape index (κ3) is 5.38. The number of hydrogen-bond acceptors (Lipinski definition) is 7. The number of nitrogens with zero attached hydrogens (tertiary/aromatic N) is 2. The molecule has 1 aromatic carbocycles. The molecule has 1 atom stereocenters. The van der Waals surface area contributed by atoms with Gasteiger partial charge in [-0.2, -0.15) is 4.98 Å². The van der Waals surface area contributed by atoms with E-state index in [0.717, 1.165) is 37.3 Å². The van der Waals surface area contributed by atoms with Crippen molar-refractivity contribution < 1.29 is 13.2 Å². The van der Waals surface area contributed by atoms with Gasteiger partial charge in [0.15, 0.2) is 0 Å². The molecule has 1 aliphatic rings. The fourth-order valence-electron chi connectivity index (χ4n) is 2.73. The van der Waals surface area contributed by atoms with Crippen LogP contribution in [0.25, 0.3) is 0 Å². The number of rotatable bonds is 8. The number of sulfonamides is 1. The highest BCUT2D eigenvalue weighted by Crippen LogP contribution is 2.13. The number of ether oxygens (including phenoxy) is 1. The predicted molar refractivity (Wildman–Crippen MR) is 99.5 cm³/mol. The maximum absolute atomic E-state index is 11.2. The molecule has 1 fully saturated rings. The van der Waals surface area contributed by atoms with E-state index in [4.69, 9.17) is 9.88 Å².